The van der Waals surface area contributed by atoms with Crippen LogP contribution in [0.25, 0.3) is 0 Å². The lowest BCUT2D eigenvalue weighted by atomic mass is 10.1. The maximum Gasteiger partial charge on any atom is 0.243 e. The van der Waals surface area contributed by atoms with Crippen molar-refractivity contribution in [2.75, 3.05) is 31.1 Å². The fraction of sp³-hybridized carbons (Fsp3) is 0.278. The smallest absolute Gasteiger partial charge is 0.243 e. The third kappa shape index (κ3) is 3.01. The van der Waals surface area contributed by atoms with Gasteiger partial charge in [0, 0.05) is 26.2 Å². The minimum atomic E-state index is -3.47. The highest BCUT2D eigenvalue weighted by molar-refractivity contribution is 7.89. The van der Waals surface area contributed by atoms with Crippen LogP contribution in [0.3, 0.4) is 0 Å². The van der Waals surface area contributed by atoms with Crippen molar-refractivity contribution in [3.8, 4) is 6.07 Å². The van der Waals surface area contributed by atoms with E-state index in [4.69, 9.17) is 0 Å². The zero-order chi connectivity index (χ0) is 17.2. The largest absolute Gasteiger partial charge is 0.368 e. The van der Waals surface area contributed by atoms with Crippen LogP contribution in [0, 0.1) is 18.3 Å². The molecular formula is C18H19N3O2S. The Kier molecular flexibility index (Phi) is 4.56. The molecule has 0 spiro atoms. The molecule has 2 aromatic carbocycles. The molecule has 2 aromatic rings. The average molecular weight is 341 g/mol. The van der Waals surface area contributed by atoms with Crippen LogP contribution in [0.15, 0.2) is 53.4 Å². The summed E-state index contributed by atoms with van der Waals surface area (Å²) >= 11 is 0. The molecular weight excluding hydrogens is 322 g/mol. The van der Waals surface area contributed by atoms with E-state index in [1.807, 2.05) is 37.3 Å². The summed E-state index contributed by atoms with van der Waals surface area (Å²) in [6.07, 6.45) is 0. The maximum absolute atomic E-state index is 12.8. The van der Waals surface area contributed by atoms with Gasteiger partial charge in [-0.05, 0) is 30.7 Å². The van der Waals surface area contributed by atoms with Crippen molar-refractivity contribution in [1.82, 2.24) is 4.31 Å². The number of benzene rings is 2. The van der Waals surface area contributed by atoms with Gasteiger partial charge in [-0.1, -0.05) is 30.3 Å². The van der Waals surface area contributed by atoms with E-state index in [2.05, 4.69) is 11.0 Å². The quantitative estimate of drug-likeness (QED) is 0.860. The van der Waals surface area contributed by atoms with Crippen molar-refractivity contribution in [2.45, 2.75) is 11.8 Å². The van der Waals surface area contributed by atoms with Gasteiger partial charge in [-0.2, -0.15) is 9.57 Å². The lowest BCUT2D eigenvalue weighted by Gasteiger charge is -2.35. The summed E-state index contributed by atoms with van der Waals surface area (Å²) in [5, 5.41) is 9.23. The van der Waals surface area contributed by atoms with Gasteiger partial charge in [-0.15, -0.1) is 0 Å². The van der Waals surface area contributed by atoms with Crippen molar-refractivity contribution >= 4 is 15.7 Å². The van der Waals surface area contributed by atoms with Crippen LogP contribution < -0.4 is 4.90 Å². The first kappa shape index (κ1) is 16.5. The number of piperazine rings is 1. The van der Waals surface area contributed by atoms with Crippen molar-refractivity contribution < 1.29 is 8.42 Å². The molecule has 0 unspecified atom stereocenters. The lowest BCUT2D eigenvalue weighted by Crippen LogP contribution is -2.49. The van der Waals surface area contributed by atoms with Crippen LogP contribution in [-0.4, -0.2) is 38.9 Å². The minimum Gasteiger partial charge on any atom is -0.368 e. The first-order valence-electron chi connectivity index (χ1n) is 7.84. The van der Waals surface area contributed by atoms with Crippen LogP contribution in [0.4, 0.5) is 5.69 Å². The summed E-state index contributed by atoms with van der Waals surface area (Å²) in [7, 11) is -3.47. The molecule has 0 atom stereocenters. The Morgan fingerprint density at radius 1 is 0.958 bits per heavy atom. The van der Waals surface area contributed by atoms with E-state index >= 15 is 0 Å². The predicted molar refractivity (Wildman–Crippen MR) is 93.3 cm³/mol. The zero-order valence-corrected chi connectivity index (χ0v) is 14.3. The molecule has 1 aliphatic heterocycles. The van der Waals surface area contributed by atoms with Crippen LogP contribution in [0.5, 0.6) is 0 Å². The zero-order valence-electron chi connectivity index (χ0n) is 13.5. The van der Waals surface area contributed by atoms with Crippen LogP contribution >= 0.6 is 0 Å². The van der Waals surface area contributed by atoms with Gasteiger partial charge in [-0.3, -0.25) is 0 Å². The number of para-hydroxylation sites is 1. The Morgan fingerprint density at radius 2 is 1.58 bits per heavy atom. The maximum atomic E-state index is 12.8. The van der Waals surface area contributed by atoms with Crippen LogP contribution in [0.2, 0.25) is 0 Å². The number of hydrogen-bond acceptors (Lipinski definition) is 4. The number of nitrogens with zero attached hydrogens (tertiary/aromatic N) is 3. The fourth-order valence-corrected chi connectivity index (χ4v) is 4.65. The van der Waals surface area contributed by atoms with Crippen molar-refractivity contribution in [1.29, 1.82) is 5.26 Å². The molecule has 124 valence electrons. The van der Waals surface area contributed by atoms with E-state index in [9.17, 15) is 13.7 Å². The molecule has 24 heavy (non-hydrogen) atoms. The molecule has 0 saturated carbocycles. The van der Waals surface area contributed by atoms with Gasteiger partial charge in [-0.25, -0.2) is 8.42 Å². The van der Waals surface area contributed by atoms with E-state index in [1.165, 1.54) is 4.31 Å². The predicted octanol–water partition coefficient (Wildman–Crippen LogP) is 2.38. The summed E-state index contributed by atoms with van der Waals surface area (Å²) in [6, 6.07) is 16.7. The van der Waals surface area contributed by atoms with Crippen molar-refractivity contribution in [3.05, 3.63) is 59.7 Å². The number of anilines is 1. The lowest BCUT2D eigenvalue weighted by molar-refractivity contribution is 0.384. The minimum absolute atomic E-state index is 0.371. The van der Waals surface area contributed by atoms with E-state index in [0.717, 1.165) is 11.3 Å². The summed E-state index contributed by atoms with van der Waals surface area (Å²) in [4.78, 5) is 2.44. The number of aryl methyl sites for hydroxylation is 1. The van der Waals surface area contributed by atoms with Gasteiger partial charge >= 0.3 is 0 Å². The molecule has 3 rings (SSSR count). The molecule has 0 aromatic heterocycles. The molecule has 0 N–H and O–H groups in total. The van der Waals surface area contributed by atoms with E-state index in [-0.39, 0.29) is 0 Å². The first-order chi connectivity index (χ1) is 11.5. The molecule has 0 bridgehead atoms. The molecule has 5 nitrogen and oxygen atoms in total. The van der Waals surface area contributed by atoms with Gasteiger partial charge < -0.3 is 4.90 Å². The number of hydrogen-bond donors (Lipinski definition) is 0. The SMILES string of the molecule is Cc1ccccc1S(=O)(=O)N1CCN(c2ccccc2C#N)CC1. The average Bonchev–Trinajstić information content (AvgIpc) is 2.62. The number of nitriles is 1. The standard InChI is InChI=1S/C18H19N3O2S/c1-15-6-2-5-9-18(15)24(22,23)21-12-10-20(11-13-21)17-8-4-3-7-16(17)14-19/h2-9H,10-13H2,1H3. The first-order valence-corrected chi connectivity index (χ1v) is 9.28. The Morgan fingerprint density at radius 3 is 2.25 bits per heavy atom. The van der Waals surface area contributed by atoms with E-state index < -0.39 is 10.0 Å². The van der Waals surface area contributed by atoms with Gasteiger partial charge in [0.25, 0.3) is 0 Å². The summed E-state index contributed by atoms with van der Waals surface area (Å²) in [5.41, 5.74) is 2.25. The molecule has 0 aliphatic carbocycles. The Hall–Kier alpha value is -2.36. The normalized spacial score (nSPS) is 15.9. The van der Waals surface area contributed by atoms with Crippen molar-refractivity contribution in [2.24, 2.45) is 0 Å². The summed E-state index contributed by atoms with van der Waals surface area (Å²) in [6.45, 7) is 3.78. The van der Waals surface area contributed by atoms with E-state index in [0.29, 0.717) is 36.6 Å². The Balaban J connectivity index is 1.78. The fourth-order valence-electron chi connectivity index (χ4n) is 3.00. The highest BCUT2D eigenvalue weighted by atomic mass is 32.2. The van der Waals surface area contributed by atoms with Gasteiger partial charge in [0.15, 0.2) is 0 Å². The Bertz CT molecular complexity index is 879. The molecule has 1 aliphatic rings. The second-order valence-electron chi connectivity index (χ2n) is 5.79. The van der Waals surface area contributed by atoms with Crippen LogP contribution in [-0.2, 0) is 10.0 Å². The molecule has 1 saturated heterocycles. The second kappa shape index (κ2) is 6.63. The van der Waals surface area contributed by atoms with Crippen LogP contribution in [0.1, 0.15) is 11.1 Å². The topological polar surface area (TPSA) is 64.4 Å². The molecule has 6 heteroatoms. The highest BCUT2D eigenvalue weighted by Crippen LogP contribution is 2.24. The molecule has 0 amide bonds. The number of sulfonamides is 1. The Labute approximate surface area is 142 Å². The summed E-state index contributed by atoms with van der Waals surface area (Å²) in [5.74, 6) is 0. The van der Waals surface area contributed by atoms with Gasteiger partial charge in [0.2, 0.25) is 10.0 Å². The van der Waals surface area contributed by atoms with Gasteiger partial charge in [0.1, 0.15) is 6.07 Å². The highest BCUT2D eigenvalue weighted by Gasteiger charge is 2.29. The number of rotatable bonds is 3. The second-order valence-corrected chi connectivity index (χ2v) is 7.69. The van der Waals surface area contributed by atoms with Gasteiger partial charge in [0.05, 0.1) is 16.1 Å². The monoisotopic (exact) mass is 341 g/mol. The third-order valence-corrected chi connectivity index (χ3v) is 6.37. The molecule has 1 heterocycles. The third-order valence-electron chi connectivity index (χ3n) is 4.32. The molecule has 0 radical (unpaired) electrons. The summed E-state index contributed by atoms with van der Waals surface area (Å²) < 4.78 is 27.2. The van der Waals surface area contributed by atoms with E-state index in [1.54, 1.807) is 18.2 Å². The van der Waals surface area contributed by atoms with Crippen molar-refractivity contribution in [3.63, 3.8) is 0 Å². The molecule has 1 fully saturated rings.